The summed E-state index contributed by atoms with van der Waals surface area (Å²) >= 11 is 18.5. The maximum absolute atomic E-state index is 12.4. The van der Waals surface area contributed by atoms with E-state index in [-0.39, 0.29) is 121 Å². The van der Waals surface area contributed by atoms with E-state index in [1.807, 2.05) is 84.9 Å². The zero-order valence-electron chi connectivity index (χ0n) is 54.9. The van der Waals surface area contributed by atoms with Gasteiger partial charge in [-0.1, -0.05) is 242 Å². The van der Waals surface area contributed by atoms with Crippen LogP contribution in [0.3, 0.4) is 0 Å². The molecule has 0 radical (unpaired) electrons. The van der Waals surface area contributed by atoms with Gasteiger partial charge in [0.1, 0.15) is 23.1 Å². The maximum atomic E-state index is 12.4. The molecule has 1 N–H and O–H groups in total. The Bertz CT molecular complexity index is 4920. The SMILES string of the molecule is Clc1c(Br)cccc1Oc1cccc(N(c2ccccc2)c2cccc(-c3cccc(-c4cccc(-c5ccccc5)c4)c3)c2)c1.Fc1cccc(Br)c1Cl.O=CO[O-].Oc1cccc(N(c2ccccc2)c2cccc(-c3cccc(-c4cccc(-c5ccccc5)c4)c3)c2)c1.[H-].[K+].[K+]. The van der Waals surface area contributed by atoms with Gasteiger partial charge < -0.3 is 31.2 Å². The molecule has 14 aromatic carbocycles. The molecule has 0 aliphatic rings. The Balaban J connectivity index is 0.000000212. The standard InChI is InChI=1S/C42H29BrClNO.C36H27NO.C6H3BrClF.CH2O3.2K.H/c43-40-24-11-25-41(42(40)44)46-39-23-10-22-38(29-39)45(36-19-5-2-6-20-36)37-21-9-18-35(28-37)34-17-8-16-33(27-34)32-15-7-14-31(26-32)30-12-3-1-4-13-30;38-36-22-10-21-35(26-36)37(33-18-5-2-6-19-33)34-20-9-17-32(25-34)31-16-8-15-30(24-31)29-14-7-13-28(23-29)27-11-3-1-4-12-27;7-4-2-1-3-5(9)6(4)8;2-1-4-3;;;/h1-29H;1-26,38H;1-3H;1,3H;;;/q;;;;2*+1;-1/p-1. The van der Waals surface area contributed by atoms with Crippen molar-refractivity contribution in [2.24, 2.45) is 0 Å². The molecule has 0 bridgehead atoms. The van der Waals surface area contributed by atoms with Crippen molar-refractivity contribution < 1.29 is 133 Å². The van der Waals surface area contributed by atoms with Crippen LogP contribution in [0.15, 0.2) is 361 Å². The van der Waals surface area contributed by atoms with Crippen molar-refractivity contribution in [3.8, 4) is 84.0 Å². The summed E-state index contributed by atoms with van der Waals surface area (Å²) in [6.45, 7) is -0.181. The van der Waals surface area contributed by atoms with E-state index < -0.39 is 5.82 Å². The number of rotatable bonds is 15. The number of carbonyl (C=O) groups excluding carboxylic acids is 1. The molecule has 0 aliphatic carbocycles. The quantitative estimate of drug-likeness (QED) is 0.0360. The third kappa shape index (κ3) is 20.6. The molecule has 7 nitrogen and oxygen atoms in total. The summed E-state index contributed by atoms with van der Waals surface area (Å²) < 4.78 is 20.0. The summed E-state index contributed by atoms with van der Waals surface area (Å²) in [7, 11) is 0. The molecule has 14 heteroatoms. The second-order valence-corrected chi connectivity index (χ2v) is 24.4. The van der Waals surface area contributed by atoms with E-state index in [4.69, 9.17) is 38.0 Å². The Hall–Kier alpha value is -7.55. The number of halogens is 5. The summed E-state index contributed by atoms with van der Waals surface area (Å²) in [5, 5.41) is 19.3. The zero-order valence-corrected chi connectivity index (χ0v) is 64.9. The molecule has 99 heavy (non-hydrogen) atoms. The molecular weight excluding hydrogens is 1460 g/mol. The van der Waals surface area contributed by atoms with Crippen molar-refractivity contribution in [2.75, 3.05) is 9.80 Å². The zero-order chi connectivity index (χ0) is 67.3. The molecule has 0 aromatic heterocycles. The smallest absolute Gasteiger partial charge is 1.00 e. The van der Waals surface area contributed by atoms with Crippen LogP contribution in [0.1, 0.15) is 1.43 Å². The van der Waals surface area contributed by atoms with Crippen molar-refractivity contribution in [2.45, 2.75) is 0 Å². The first-order chi connectivity index (χ1) is 47.5. The molecule has 0 spiro atoms. The van der Waals surface area contributed by atoms with E-state index in [1.54, 1.807) is 24.3 Å². The fraction of sp³-hybridized carbons (Fsp3) is 0. The van der Waals surface area contributed by atoms with Crippen molar-refractivity contribution >= 4 is 95.7 Å². The van der Waals surface area contributed by atoms with Gasteiger partial charge in [0.15, 0.2) is 0 Å². The van der Waals surface area contributed by atoms with Gasteiger partial charge >= 0.3 is 103 Å². The summed E-state index contributed by atoms with van der Waals surface area (Å²) in [6, 6.07) is 119. The third-order valence-corrected chi connectivity index (χ3v) is 18.0. The second-order valence-electron chi connectivity index (χ2n) is 21.9. The molecule has 0 heterocycles. The van der Waals surface area contributed by atoms with Gasteiger partial charge in [-0.15, -0.1) is 0 Å². The average Bonchev–Trinajstić information content (AvgIpc) is 0.813. The Labute approximate surface area is 690 Å². The molecule has 0 amide bonds. The summed E-state index contributed by atoms with van der Waals surface area (Å²) in [5.41, 5.74) is 20.2. The minimum atomic E-state index is -0.397. The average molecular weight is 1520 g/mol. The number of benzene rings is 14. The number of hydrogen-bond donors (Lipinski definition) is 1. The minimum absolute atomic E-state index is 0. The molecule has 14 rings (SSSR count). The molecule has 0 fully saturated rings. The molecule has 478 valence electrons. The predicted molar refractivity (Wildman–Crippen MR) is 403 cm³/mol. The Morgan fingerprint density at radius 2 is 0.626 bits per heavy atom. The molecule has 0 atom stereocenters. The van der Waals surface area contributed by atoms with Gasteiger partial charge in [0.2, 0.25) is 0 Å². The van der Waals surface area contributed by atoms with E-state index in [1.165, 1.54) is 50.6 Å². The van der Waals surface area contributed by atoms with Crippen molar-refractivity contribution in [1.29, 1.82) is 0 Å². The van der Waals surface area contributed by atoms with Gasteiger partial charge in [0.25, 0.3) is 6.47 Å². The predicted octanol–water partition coefficient (Wildman–Crippen LogP) is 19.0. The van der Waals surface area contributed by atoms with Gasteiger partial charge in [-0.25, -0.2) is 4.39 Å². The van der Waals surface area contributed by atoms with Crippen LogP contribution < -0.4 is 123 Å². The number of phenols is 1. The number of aromatic hydroxyl groups is 1. The number of anilines is 6. The van der Waals surface area contributed by atoms with E-state index >= 15 is 0 Å². The van der Waals surface area contributed by atoms with Crippen LogP contribution in [0.25, 0.3) is 66.8 Å². The fourth-order valence-corrected chi connectivity index (χ4v) is 11.9. The van der Waals surface area contributed by atoms with Crippen LogP contribution in [0, 0.1) is 5.82 Å². The molecular formula is C85H61Br2Cl2FK2N2O5. The largest absolute Gasteiger partial charge is 1.00 e. The normalized spacial score (nSPS) is 10.2. The topological polar surface area (TPSA) is 85.3 Å². The number of para-hydroxylation sites is 2. The van der Waals surface area contributed by atoms with Gasteiger partial charge in [-0.2, -0.15) is 0 Å². The number of hydrogen-bond acceptors (Lipinski definition) is 7. The number of ether oxygens (including phenoxy) is 1. The third-order valence-electron chi connectivity index (χ3n) is 15.5. The second kappa shape index (κ2) is 38.3. The van der Waals surface area contributed by atoms with E-state index in [2.05, 4.69) is 283 Å². The first kappa shape index (κ1) is 75.6. The molecule has 14 aromatic rings. The van der Waals surface area contributed by atoms with Crippen molar-refractivity contribution in [3.05, 3.63) is 377 Å². The summed E-state index contributed by atoms with van der Waals surface area (Å²) in [4.78, 5) is 15.7. The van der Waals surface area contributed by atoms with Gasteiger partial charge in [0, 0.05) is 55.2 Å². The van der Waals surface area contributed by atoms with Gasteiger partial charge in [0.05, 0.1) is 10.0 Å². The number of nitrogens with zero attached hydrogens (tertiary/aromatic N) is 2. The van der Waals surface area contributed by atoms with Gasteiger partial charge in [-0.3, -0.25) is 4.79 Å². The Morgan fingerprint density at radius 1 is 0.343 bits per heavy atom. The first-order valence-electron chi connectivity index (χ1n) is 30.8. The minimum Gasteiger partial charge on any atom is -1.00 e. The van der Waals surface area contributed by atoms with Crippen LogP contribution in [-0.4, -0.2) is 11.6 Å². The molecule has 0 unspecified atom stereocenters. The van der Waals surface area contributed by atoms with Gasteiger partial charge in [-0.05, 0) is 220 Å². The van der Waals surface area contributed by atoms with Crippen LogP contribution in [0.4, 0.5) is 38.5 Å². The van der Waals surface area contributed by atoms with Crippen LogP contribution in [0.5, 0.6) is 17.2 Å². The number of carbonyl (C=O) groups is 1. The number of phenolic OH excluding ortho intramolecular Hbond substituents is 1. The Kier molecular flexibility index (Phi) is 29.3. The van der Waals surface area contributed by atoms with E-state index in [0.717, 1.165) is 60.9 Å². The van der Waals surface area contributed by atoms with E-state index in [9.17, 15) is 9.50 Å². The molecule has 0 saturated carbocycles. The first-order valence-corrected chi connectivity index (χ1v) is 33.1. The summed E-state index contributed by atoms with van der Waals surface area (Å²) in [6.07, 6.45) is 0. The fourth-order valence-electron chi connectivity index (χ4n) is 11.0. The van der Waals surface area contributed by atoms with Crippen LogP contribution >= 0.6 is 55.1 Å². The maximum Gasteiger partial charge on any atom is 1.00 e. The molecule has 0 saturated heterocycles. The summed E-state index contributed by atoms with van der Waals surface area (Å²) in [5.74, 6) is 1.13. The van der Waals surface area contributed by atoms with Crippen molar-refractivity contribution in [3.63, 3.8) is 0 Å². The van der Waals surface area contributed by atoms with Crippen LogP contribution in [0.2, 0.25) is 10.0 Å². The Morgan fingerprint density at radius 3 is 1.00 bits per heavy atom. The van der Waals surface area contributed by atoms with E-state index in [0.29, 0.717) is 21.0 Å². The molecule has 0 aliphatic heterocycles. The van der Waals surface area contributed by atoms with Crippen molar-refractivity contribution in [1.82, 2.24) is 0 Å². The van der Waals surface area contributed by atoms with Crippen LogP contribution in [-0.2, 0) is 9.68 Å². The monoisotopic (exact) mass is 1510 g/mol.